The van der Waals surface area contributed by atoms with Crippen LogP contribution in [0.1, 0.15) is 23.1 Å². The maximum absolute atomic E-state index is 13.9. The molecule has 3 aromatic rings. The molecule has 37 heavy (non-hydrogen) atoms. The van der Waals surface area contributed by atoms with Crippen LogP contribution in [0.15, 0.2) is 47.5 Å². The summed E-state index contributed by atoms with van der Waals surface area (Å²) < 4.78 is 41.6. The fourth-order valence-electron chi connectivity index (χ4n) is 4.63. The van der Waals surface area contributed by atoms with E-state index < -0.39 is 29.0 Å². The van der Waals surface area contributed by atoms with Crippen molar-refractivity contribution in [2.45, 2.75) is 25.1 Å². The molecular formula is C25H22ClF3N4O3S. The number of alkyl halides is 3. The largest absolute Gasteiger partial charge is 0.416 e. The van der Waals surface area contributed by atoms with Crippen LogP contribution in [0.5, 0.6) is 0 Å². The SMILES string of the molecule is O=C1S/C(=C(/Cc2ccc(Cl)cc2C(F)(F)F)c2ccc3[nH]ncc3c2)C(=O)N1CCN1CC[C@H](O)C1. The van der Waals surface area contributed by atoms with E-state index in [1.165, 1.54) is 12.1 Å². The maximum atomic E-state index is 13.9. The van der Waals surface area contributed by atoms with E-state index >= 15 is 0 Å². The van der Waals surface area contributed by atoms with Crippen molar-refractivity contribution < 1.29 is 27.9 Å². The van der Waals surface area contributed by atoms with Gasteiger partial charge in [0.2, 0.25) is 0 Å². The Morgan fingerprint density at radius 3 is 2.73 bits per heavy atom. The van der Waals surface area contributed by atoms with Gasteiger partial charge in [-0.3, -0.25) is 24.5 Å². The van der Waals surface area contributed by atoms with E-state index in [9.17, 15) is 27.9 Å². The molecule has 0 unspecified atom stereocenters. The number of benzene rings is 2. The van der Waals surface area contributed by atoms with Crippen LogP contribution in [-0.2, 0) is 17.4 Å². The molecule has 0 saturated carbocycles. The number of nitrogens with zero attached hydrogens (tertiary/aromatic N) is 3. The number of aromatic amines is 1. The summed E-state index contributed by atoms with van der Waals surface area (Å²) in [4.78, 5) is 29.5. The number of amides is 2. The summed E-state index contributed by atoms with van der Waals surface area (Å²) in [6.07, 6.45) is -3.11. The van der Waals surface area contributed by atoms with Gasteiger partial charge in [-0.05, 0) is 65.6 Å². The highest BCUT2D eigenvalue weighted by Crippen LogP contribution is 2.41. The van der Waals surface area contributed by atoms with E-state index in [-0.39, 0.29) is 28.5 Å². The second-order valence-electron chi connectivity index (χ2n) is 9.02. The van der Waals surface area contributed by atoms with E-state index in [0.717, 1.165) is 28.2 Å². The summed E-state index contributed by atoms with van der Waals surface area (Å²) in [5.41, 5.74) is 0.612. The van der Waals surface area contributed by atoms with E-state index in [1.807, 2.05) is 4.90 Å². The van der Waals surface area contributed by atoms with Crippen molar-refractivity contribution in [1.29, 1.82) is 0 Å². The lowest BCUT2D eigenvalue weighted by atomic mass is 9.93. The number of aliphatic hydroxyl groups excluding tert-OH is 1. The molecule has 3 heterocycles. The molecule has 7 nitrogen and oxygen atoms in total. The molecule has 194 valence electrons. The molecule has 2 aliphatic heterocycles. The molecule has 0 spiro atoms. The van der Waals surface area contributed by atoms with Gasteiger partial charge in [-0.2, -0.15) is 18.3 Å². The van der Waals surface area contributed by atoms with Gasteiger partial charge in [-0.15, -0.1) is 0 Å². The number of rotatable bonds is 6. The topological polar surface area (TPSA) is 89.5 Å². The van der Waals surface area contributed by atoms with Gasteiger partial charge in [0.05, 0.1) is 28.3 Å². The van der Waals surface area contributed by atoms with Gasteiger partial charge >= 0.3 is 6.18 Å². The number of fused-ring (bicyclic) bond motifs is 1. The zero-order chi connectivity index (χ0) is 26.3. The summed E-state index contributed by atoms with van der Waals surface area (Å²) in [5, 5.41) is 16.7. The molecule has 2 aliphatic rings. The number of aliphatic hydroxyl groups is 1. The summed E-state index contributed by atoms with van der Waals surface area (Å²) in [6, 6.07) is 8.69. The Morgan fingerprint density at radius 1 is 1.19 bits per heavy atom. The molecule has 0 aliphatic carbocycles. The highest BCUT2D eigenvalue weighted by atomic mass is 35.5. The number of β-amino-alcohol motifs (C(OH)–C–C–N with tert-alkyl or cyclic N) is 1. The highest BCUT2D eigenvalue weighted by molar-refractivity contribution is 8.18. The Morgan fingerprint density at radius 2 is 2.00 bits per heavy atom. The number of thioether (sulfide) groups is 1. The van der Waals surface area contributed by atoms with Crippen LogP contribution in [-0.4, -0.2) is 68.5 Å². The lowest BCUT2D eigenvalue weighted by Gasteiger charge is -2.19. The second-order valence-corrected chi connectivity index (χ2v) is 10.4. The van der Waals surface area contributed by atoms with Crippen LogP contribution in [0.2, 0.25) is 5.02 Å². The predicted molar refractivity (Wildman–Crippen MR) is 135 cm³/mol. The average molecular weight is 551 g/mol. The summed E-state index contributed by atoms with van der Waals surface area (Å²) in [6.45, 7) is 1.68. The van der Waals surface area contributed by atoms with Crippen molar-refractivity contribution in [3.05, 3.63) is 69.2 Å². The average Bonchev–Trinajstić information content (AvgIpc) is 3.55. The first-order chi connectivity index (χ1) is 17.6. The molecule has 1 aromatic heterocycles. The molecule has 2 saturated heterocycles. The van der Waals surface area contributed by atoms with Gasteiger partial charge in [-0.25, -0.2) is 0 Å². The van der Waals surface area contributed by atoms with Crippen molar-refractivity contribution >= 4 is 51.0 Å². The minimum atomic E-state index is -4.65. The predicted octanol–water partition coefficient (Wildman–Crippen LogP) is 4.95. The highest BCUT2D eigenvalue weighted by Gasteiger charge is 2.39. The second kappa shape index (κ2) is 10.1. The number of allylic oxidation sites excluding steroid dienone is 1. The third-order valence-electron chi connectivity index (χ3n) is 6.54. The monoisotopic (exact) mass is 550 g/mol. The lowest BCUT2D eigenvalue weighted by molar-refractivity contribution is -0.138. The number of likely N-dealkylation sites (tertiary alicyclic amines) is 1. The van der Waals surface area contributed by atoms with E-state index in [2.05, 4.69) is 10.2 Å². The van der Waals surface area contributed by atoms with Crippen molar-refractivity contribution in [2.75, 3.05) is 26.2 Å². The van der Waals surface area contributed by atoms with Crippen molar-refractivity contribution in [3.63, 3.8) is 0 Å². The number of carbonyl (C=O) groups is 2. The van der Waals surface area contributed by atoms with E-state index in [1.54, 1.807) is 24.4 Å². The molecule has 0 radical (unpaired) electrons. The number of imide groups is 1. The Hall–Kier alpha value is -2.86. The molecule has 2 N–H and O–H groups in total. The van der Waals surface area contributed by atoms with Gasteiger partial charge in [0.1, 0.15) is 0 Å². The number of carbonyl (C=O) groups excluding carboxylic acids is 2. The molecule has 2 aromatic carbocycles. The first kappa shape index (κ1) is 25.8. The lowest BCUT2D eigenvalue weighted by Crippen LogP contribution is -2.37. The van der Waals surface area contributed by atoms with Gasteiger partial charge in [-0.1, -0.05) is 23.7 Å². The molecular weight excluding hydrogens is 529 g/mol. The van der Waals surface area contributed by atoms with Crippen LogP contribution in [0.25, 0.3) is 16.5 Å². The standard InChI is InChI=1S/C25H22ClF3N4O3S/c26-17-3-1-15(20(11-17)25(27,28)29)10-19(14-2-4-21-16(9-14)12-30-31-21)22-23(35)33(24(36)37-22)8-7-32-6-5-18(34)13-32/h1-4,9,11-12,18,34H,5-8,10,13H2,(H,30,31)/b22-19-/t18-/m0/s1. The van der Waals surface area contributed by atoms with Crippen LogP contribution in [0.3, 0.4) is 0 Å². The molecule has 12 heteroatoms. The first-order valence-corrected chi connectivity index (χ1v) is 12.8. The van der Waals surface area contributed by atoms with Crippen LogP contribution in [0, 0.1) is 0 Å². The van der Waals surface area contributed by atoms with Gasteiger partial charge in [0.25, 0.3) is 11.1 Å². The van der Waals surface area contributed by atoms with Crippen LogP contribution < -0.4 is 0 Å². The van der Waals surface area contributed by atoms with Crippen LogP contribution in [0.4, 0.5) is 18.0 Å². The van der Waals surface area contributed by atoms with Crippen molar-refractivity contribution in [2.24, 2.45) is 0 Å². The summed E-state index contributed by atoms with van der Waals surface area (Å²) in [5.74, 6) is -0.542. The van der Waals surface area contributed by atoms with E-state index in [4.69, 9.17) is 11.6 Å². The Bertz CT molecular complexity index is 1410. The third kappa shape index (κ3) is 5.40. The van der Waals surface area contributed by atoms with Crippen molar-refractivity contribution in [1.82, 2.24) is 20.0 Å². The summed E-state index contributed by atoms with van der Waals surface area (Å²) in [7, 11) is 0. The maximum Gasteiger partial charge on any atom is 0.416 e. The number of hydrogen-bond donors (Lipinski definition) is 2. The van der Waals surface area contributed by atoms with Gasteiger partial charge in [0.15, 0.2) is 0 Å². The number of hydrogen-bond acceptors (Lipinski definition) is 6. The Balaban J connectivity index is 1.54. The number of aromatic nitrogens is 2. The van der Waals surface area contributed by atoms with Crippen molar-refractivity contribution in [3.8, 4) is 0 Å². The zero-order valence-electron chi connectivity index (χ0n) is 19.4. The minimum absolute atomic E-state index is 0.0511. The third-order valence-corrected chi connectivity index (χ3v) is 7.80. The molecule has 2 amide bonds. The first-order valence-electron chi connectivity index (χ1n) is 11.6. The minimum Gasteiger partial charge on any atom is -0.392 e. The number of halogens is 4. The summed E-state index contributed by atoms with van der Waals surface area (Å²) >= 11 is 6.59. The molecule has 0 bridgehead atoms. The van der Waals surface area contributed by atoms with Gasteiger partial charge < -0.3 is 5.11 Å². The smallest absolute Gasteiger partial charge is 0.392 e. The fourth-order valence-corrected chi connectivity index (χ4v) is 5.77. The normalized spacial score (nSPS) is 20.5. The number of nitrogens with one attached hydrogen (secondary N) is 1. The van der Waals surface area contributed by atoms with E-state index in [0.29, 0.717) is 42.6 Å². The molecule has 2 fully saturated rings. The van der Waals surface area contributed by atoms with Gasteiger partial charge in [0, 0.05) is 36.6 Å². The molecule has 1 atom stereocenters. The quantitative estimate of drug-likeness (QED) is 0.422. The molecule has 5 rings (SSSR count). The number of H-pyrrole nitrogens is 1. The Labute approximate surface area is 219 Å². The zero-order valence-corrected chi connectivity index (χ0v) is 21.0. The fraction of sp³-hybridized carbons (Fsp3) is 0.320. The van der Waals surface area contributed by atoms with Crippen LogP contribution >= 0.6 is 23.4 Å². The Kier molecular flexibility index (Phi) is 7.06.